The van der Waals surface area contributed by atoms with Crippen LogP contribution in [0, 0.1) is 6.92 Å². The minimum absolute atomic E-state index is 0.170. The van der Waals surface area contributed by atoms with Gasteiger partial charge in [0, 0.05) is 24.6 Å². The molecule has 0 aliphatic heterocycles. The van der Waals surface area contributed by atoms with Crippen LogP contribution in [0.5, 0.6) is 0 Å². The number of benzene rings is 2. The molecule has 7 heteroatoms. The van der Waals surface area contributed by atoms with E-state index in [0.29, 0.717) is 6.54 Å². The van der Waals surface area contributed by atoms with E-state index in [1.165, 1.54) is 15.4 Å². The minimum atomic E-state index is -3.47. The zero-order valence-corrected chi connectivity index (χ0v) is 17.4. The molecule has 0 heterocycles. The Morgan fingerprint density at radius 1 is 1.07 bits per heavy atom. The van der Waals surface area contributed by atoms with Crippen molar-refractivity contribution in [3.05, 3.63) is 71.3 Å². The summed E-state index contributed by atoms with van der Waals surface area (Å²) in [6, 6.07) is 17.6. The maximum absolute atomic E-state index is 12.1. The van der Waals surface area contributed by atoms with Gasteiger partial charge in [0.2, 0.25) is 15.9 Å². The number of nitrogens with one attached hydrogen (secondary N) is 1. The summed E-state index contributed by atoms with van der Waals surface area (Å²) in [5, 5.41) is 2.80. The lowest BCUT2D eigenvalue weighted by Gasteiger charge is -2.19. The lowest BCUT2D eigenvalue weighted by atomic mass is 10.2. The Morgan fingerprint density at radius 2 is 1.78 bits per heavy atom. The molecule has 5 nitrogen and oxygen atoms in total. The first-order chi connectivity index (χ1) is 12.8. The highest BCUT2D eigenvalue weighted by molar-refractivity contribution is 7.98. The molecule has 0 fully saturated rings. The van der Waals surface area contributed by atoms with Gasteiger partial charge >= 0.3 is 0 Å². The van der Waals surface area contributed by atoms with Gasteiger partial charge in [-0.25, -0.2) is 8.42 Å². The third-order valence-corrected chi connectivity index (χ3v) is 6.14. The monoisotopic (exact) mass is 406 g/mol. The summed E-state index contributed by atoms with van der Waals surface area (Å²) in [5.41, 5.74) is 3.35. The van der Waals surface area contributed by atoms with Gasteiger partial charge in [-0.1, -0.05) is 60.2 Å². The number of hydrogen-bond acceptors (Lipinski definition) is 4. The fourth-order valence-corrected chi connectivity index (χ4v) is 4.09. The normalized spacial score (nSPS) is 11.5. The number of hydrogen-bond donors (Lipinski definition) is 1. The average Bonchev–Trinajstić information content (AvgIpc) is 2.61. The van der Waals surface area contributed by atoms with Crippen LogP contribution in [0.15, 0.2) is 54.6 Å². The molecule has 0 saturated heterocycles. The zero-order chi connectivity index (χ0) is 19.7. The van der Waals surface area contributed by atoms with Crippen LogP contribution in [0.2, 0.25) is 0 Å². The summed E-state index contributed by atoms with van der Waals surface area (Å²) < 4.78 is 25.1. The second-order valence-corrected chi connectivity index (χ2v) is 9.50. The van der Waals surface area contributed by atoms with E-state index in [-0.39, 0.29) is 19.0 Å². The summed E-state index contributed by atoms with van der Waals surface area (Å²) in [5.74, 6) is 1.38. The van der Waals surface area contributed by atoms with Crippen LogP contribution >= 0.6 is 11.8 Å². The number of sulfonamides is 1. The molecule has 0 saturated carbocycles. The largest absolute Gasteiger partial charge is 0.354 e. The summed E-state index contributed by atoms with van der Waals surface area (Å²) in [6.45, 7) is 2.60. The molecule has 0 spiro atoms. The van der Waals surface area contributed by atoms with Gasteiger partial charge in [-0.05, 0) is 18.1 Å². The molecular formula is C20H26N2O3S2. The summed E-state index contributed by atoms with van der Waals surface area (Å²) in [6.07, 6.45) is 1.13. The standard InChI is InChI=1S/C20H26N2O3S2/c1-17-7-6-10-19(13-17)16-26-12-11-21-20(23)15-22(27(2,24)25)14-18-8-4-3-5-9-18/h3-10,13H,11-12,14-16H2,1-2H3,(H,21,23). The predicted octanol–water partition coefficient (Wildman–Crippen LogP) is 2.81. The highest BCUT2D eigenvalue weighted by atomic mass is 32.2. The molecule has 0 bridgehead atoms. The third kappa shape index (κ3) is 8.15. The maximum Gasteiger partial charge on any atom is 0.235 e. The number of nitrogens with zero attached hydrogens (tertiary/aromatic N) is 1. The average molecular weight is 407 g/mol. The first-order valence-electron chi connectivity index (χ1n) is 8.73. The Bertz CT molecular complexity index is 839. The van der Waals surface area contributed by atoms with Crippen molar-refractivity contribution in [1.29, 1.82) is 0 Å². The lowest BCUT2D eigenvalue weighted by Crippen LogP contribution is -2.40. The summed E-state index contributed by atoms with van der Waals surface area (Å²) >= 11 is 1.74. The molecule has 0 aromatic heterocycles. The van der Waals surface area contributed by atoms with E-state index < -0.39 is 10.0 Å². The van der Waals surface area contributed by atoms with Crippen LogP contribution in [0.25, 0.3) is 0 Å². The molecule has 146 valence electrons. The molecule has 2 aromatic rings. The molecule has 0 aliphatic rings. The number of amides is 1. The van der Waals surface area contributed by atoms with Crippen LogP contribution in [0.1, 0.15) is 16.7 Å². The Morgan fingerprint density at radius 3 is 2.44 bits per heavy atom. The second-order valence-electron chi connectivity index (χ2n) is 6.41. The zero-order valence-electron chi connectivity index (χ0n) is 15.7. The number of thioether (sulfide) groups is 1. The molecule has 1 amide bonds. The smallest absolute Gasteiger partial charge is 0.235 e. The van der Waals surface area contributed by atoms with E-state index in [1.807, 2.05) is 36.4 Å². The van der Waals surface area contributed by atoms with Gasteiger partial charge in [0.15, 0.2) is 0 Å². The van der Waals surface area contributed by atoms with E-state index in [4.69, 9.17) is 0 Å². The molecule has 2 rings (SSSR count). The fraction of sp³-hybridized carbons (Fsp3) is 0.350. The van der Waals surface area contributed by atoms with Gasteiger partial charge in [-0.2, -0.15) is 16.1 Å². The molecular weight excluding hydrogens is 380 g/mol. The van der Waals surface area contributed by atoms with E-state index >= 15 is 0 Å². The van der Waals surface area contributed by atoms with Gasteiger partial charge < -0.3 is 5.32 Å². The Hall–Kier alpha value is -1.83. The van der Waals surface area contributed by atoms with E-state index in [1.54, 1.807) is 11.8 Å². The minimum Gasteiger partial charge on any atom is -0.354 e. The Balaban J connectivity index is 1.75. The van der Waals surface area contributed by atoms with Gasteiger partial charge in [-0.3, -0.25) is 4.79 Å². The molecule has 2 aromatic carbocycles. The van der Waals surface area contributed by atoms with Crippen LogP contribution in [-0.2, 0) is 27.1 Å². The second kappa shape index (κ2) is 10.5. The molecule has 0 unspecified atom stereocenters. The maximum atomic E-state index is 12.1. The predicted molar refractivity (Wildman–Crippen MR) is 112 cm³/mol. The van der Waals surface area contributed by atoms with Crippen molar-refractivity contribution >= 4 is 27.7 Å². The molecule has 0 radical (unpaired) electrons. The lowest BCUT2D eigenvalue weighted by molar-refractivity contribution is -0.121. The third-order valence-electron chi connectivity index (χ3n) is 3.91. The SMILES string of the molecule is Cc1cccc(CSCCNC(=O)CN(Cc2ccccc2)S(C)(=O)=O)c1. The quantitative estimate of drug-likeness (QED) is 0.616. The van der Waals surface area contributed by atoms with E-state index in [2.05, 4.69) is 30.4 Å². The first kappa shape index (κ1) is 21.5. The number of aryl methyl sites for hydroxylation is 1. The number of carbonyl (C=O) groups excluding carboxylic acids is 1. The summed E-state index contributed by atoms with van der Waals surface area (Å²) in [4.78, 5) is 12.1. The van der Waals surface area contributed by atoms with Gasteiger partial charge in [0.25, 0.3) is 0 Å². The van der Waals surface area contributed by atoms with Crippen LogP contribution < -0.4 is 5.32 Å². The van der Waals surface area contributed by atoms with E-state index in [0.717, 1.165) is 23.3 Å². The van der Waals surface area contributed by atoms with Crippen molar-refractivity contribution in [2.45, 2.75) is 19.2 Å². The Kier molecular flexibility index (Phi) is 8.34. The molecule has 0 aliphatic carbocycles. The van der Waals surface area contributed by atoms with Crippen molar-refractivity contribution in [3.8, 4) is 0 Å². The fourth-order valence-electron chi connectivity index (χ4n) is 2.55. The van der Waals surface area contributed by atoms with Crippen LogP contribution in [-0.4, -0.2) is 43.7 Å². The van der Waals surface area contributed by atoms with Crippen molar-refractivity contribution < 1.29 is 13.2 Å². The number of carbonyl (C=O) groups is 1. The van der Waals surface area contributed by atoms with Crippen molar-refractivity contribution in [2.75, 3.05) is 25.1 Å². The van der Waals surface area contributed by atoms with Crippen molar-refractivity contribution in [3.63, 3.8) is 0 Å². The van der Waals surface area contributed by atoms with Gasteiger partial charge in [-0.15, -0.1) is 0 Å². The Labute approximate surface area is 166 Å². The molecule has 1 N–H and O–H groups in total. The topological polar surface area (TPSA) is 66.5 Å². The molecule has 0 atom stereocenters. The summed E-state index contributed by atoms with van der Waals surface area (Å²) in [7, 11) is -3.47. The number of rotatable bonds is 10. The van der Waals surface area contributed by atoms with Gasteiger partial charge in [0.1, 0.15) is 0 Å². The first-order valence-corrected chi connectivity index (χ1v) is 11.7. The van der Waals surface area contributed by atoms with Crippen molar-refractivity contribution in [2.24, 2.45) is 0 Å². The van der Waals surface area contributed by atoms with Crippen LogP contribution in [0.4, 0.5) is 0 Å². The van der Waals surface area contributed by atoms with Crippen LogP contribution in [0.3, 0.4) is 0 Å². The van der Waals surface area contributed by atoms with E-state index in [9.17, 15) is 13.2 Å². The van der Waals surface area contributed by atoms with Crippen molar-refractivity contribution in [1.82, 2.24) is 9.62 Å². The molecule has 27 heavy (non-hydrogen) atoms. The van der Waals surface area contributed by atoms with Gasteiger partial charge in [0.05, 0.1) is 12.8 Å². The highest BCUT2D eigenvalue weighted by Gasteiger charge is 2.20. The highest BCUT2D eigenvalue weighted by Crippen LogP contribution is 2.13.